The summed E-state index contributed by atoms with van der Waals surface area (Å²) in [6.07, 6.45) is 0.641. The van der Waals surface area contributed by atoms with Crippen LogP contribution in [0.15, 0.2) is 22.7 Å². The maximum absolute atomic E-state index is 9.60. The molecule has 0 unspecified atom stereocenters. The van der Waals surface area contributed by atoms with E-state index in [1.165, 1.54) is 0 Å². The van der Waals surface area contributed by atoms with Crippen LogP contribution in [0.2, 0.25) is 0 Å². The number of aliphatic hydroxyl groups excluding tert-OH is 1. The Labute approximate surface area is 113 Å². The van der Waals surface area contributed by atoms with E-state index >= 15 is 0 Å². The van der Waals surface area contributed by atoms with Gasteiger partial charge in [0.1, 0.15) is 0 Å². The summed E-state index contributed by atoms with van der Waals surface area (Å²) >= 11 is 3.52. The molecule has 0 fully saturated rings. The average molecular weight is 300 g/mol. The molecule has 0 aliphatic carbocycles. The summed E-state index contributed by atoms with van der Waals surface area (Å²) in [5, 5.41) is 9.60. The summed E-state index contributed by atoms with van der Waals surface area (Å²) in [4.78, 5) is 2.27. The number of anilines is 1. The quantitative estimate of drug-likeness (QED) is 0.904. The topological polar surface area (TPSA) is 23.5 Å². The Kier molecular flexibility index (Phi) is 4.62. The first-order chi connectivity index (χ1) is 7.79. The molecular weight excluding hydrogens is 278 g/mol. The third-order valence-corrected chi connectivity index (χ3v) is 4.28. The molecule has 0 heterocycles. The van der Waals surface area contributed by atoms with Crippen molar-refractivity contribution >= 4 is 21.6 Å². The number of halogens is 1. The van der Waals surface area contributed by atoms with Crippen LogP contribution in [0, 0.1) is 0 Å². The molecule has 0 radical (unpaired) electrons. The van der Waals surface area contributed by atoms with Crippen molar-refractivity contribution in [2.24, 2.45) is 0 Å². The van der Waals surface area contributed by atoms with Gasteiger partial charge in [-0.2, -0.15) is 0 Å². The van der Waals surface area contributed by atoms with E-state index in [0.29, 0.717) is 0 Å². The second kappa shape index (κ2) is 5.40. The summed E-state index contributed by atoms with van der Waals surface area (Å²) in [5.74, 6) is 0. The highest BCUT2D eigenvalue weighted by atomic mass is 79.9. The lowest BCUT2D eigenvalue weighted by molar-refractivity contribution is 0.198. The van der Waals surface area contributed by atoms with Crippen LogP contribution < -0.4 is 4.90 Å². The minimum absolute atomic E-state index is 0.131. The molecule has 1 aromatic carbocycles. The molecule has 0 saturated carbocycles. The SMILES string of the molecule is CCC(C)(C)N(C)c1ccc([C@@H](C)O)c(Br)c1. The zero-order chi connectivity index (χ0) is 13.2. The van der Waals surface area contributed by atoms with Crippen molar-refractivity contribution in [1.82, 2.24) is 0 Å². The fraction of sp³-hybridized carbons (Fsp3) is 0.571. The van der Waals surface area contributed by atoms with Crippen molar-refractivity contribution < 1.29 is 5.11 Å². The molecule has 0 spiro atoms. The molecule has 1 atom stereocenters. The molecule has 96 valence electrons. The van der Waals surface area contributed by atoms with Gasteiger partial charge in [0.05, 0.1) is 6.10 Å². The van der Waals surface area contributed by atoms with Crippen LogP contribution >= 0.6 is 15.9 Å². The Bertz CT molecular complexity index is 388. The number of hydrogen-bond donors (Lipinski definition) is 1. The van der Waals surface area contributed by atoms with Crippen molar-refractivity contribution in [2.75, 3.05) is 11.9 Å². The Morgan fingerprint density at radius 2 is 2.00 bits per heavy atom. The Morgan fingerprint density at radius 3 is 2.41 bits per heavy atom. The van der Waals surface area contributed by atoms with E-state index in [1.54, 1.807) is 6.92 Å². The summed E-state index contributed by atoms with van der Waals surface area (Å²) < 4.78 is 0.962. The van der Waals surface area contributed by atoms with Gasteiger partial charge in [0.2, 0.25) is 0 Å². The van der Waals surface area contributed by atoms with Gasteiger partial charge in [0, 0.05) is 22.7 Å². The predicted octanol–water partition coefficient (Wildman–Crippen LogP) is 4.13. The minimum Gasteiger partial charge on any atom is -0.389 e. The Balaban J connectivity index is 3.06. The fourth-order valence-corrected chi connectivity index (χ4v) is 2.35. The van der Waals surface area contributed by atoms with E-state index in [1.807, 2.05) is 6.07 Å². The lowest BCUT2D eigenvalue weighted by Gasteiger charge is -2.37. The fourth-order valence-electron chi connectivity index (χ4n) is 1.65. The van der Waals surface area contributed by atoms with Crippen LogP contribution in [0.3, 0.4) is 0 Å². The molecule has 17 heavy (non-hydrogen) atoms. The van der Waals surface area contributed by atoms with Crippen molar-refractivity contribution in [2.45, 2.75) is 45.8 Å². The first kappa shape index (κ1) is 14.5. The van der Waals surface area contributed by atoms with E-state index in [2.05, 4.69) is 60.8 Å². The first-order valence-electron chi connectivity index (χ1n) is 6.01. The first-order valence-corrected chi connectivity index (χ1v) is 6.80. The summed E-state index contributed by atoms with van der Waals surface area (Å²) in [5.41, 5.74) is 2.22. The van der Waals surface area contributed by atoms with Crippen molar-refractivity contribution in [3.05, 3.63) is 28.2 Å². The van der Waals surface area contributed by atoms with Gasteiger partial charge < -0.3 is 10.0 Å². The molecule has 1 aromatic rings. The third-order valence-electron chi connectivity index (χ3n) is 3.59. The summed E-state index contributed by atoms with van der Waals surface area (Å²) in [6.45, 7) is 8.42. The molecule has 0 aliphatic rings. The highest BCUT2D eigenvalue weighted by molar-refractivity contribution is 9.10. The average Bonchev–Trinajstić information content (AvgIpc) is 2.27. The second-order valence-electron chi connectivity index (χ2n) is 5.11. The molecular formula is C14H22BrNO. The largest absolute Gasteiger partial charge is 0.389 e. The van der Waals surface area contributed by atoms with Crippen molar-refractivity contribution in [1.29, 1.82) is 0 Å². The van der Waals surface area contributed by atoms with E-state index in [0.717, 1.165) is 22.1 Å². The van der Waals surface area contributed by atoms with Gasteiger partial charge in [-0.25, -0.2) is 0 Å². The minimum atomic E-state index is -0.442. The second-order valence-corrected chi connectivity index (χ2v) is 5.96. The lowest BCUT2D eigenvalue weighted by Crippen LogP contribution is -2.40. The summed E-state index contributed by atoms with van der Waals surface area (Å²) in [7, 11) is 2.10. The molecule has 3 heteroatoms. The number of hydrogen-bond acceptors (Lipinski definition) is 2. The monoisotopic (exact) mass is 299 g/mol. The van der Waals surface area contributed by atoms with Crippen LogP contribution in [0.5, 0.6) is 0 Å². The van der Waals surface area contributed by atoms with Gasteiger partial charge in [0.15, 0.2) is 0 Å². The van der Waals surface area contributed by atoms with E-state index in [9.17, 15) is 5.11 Å². The van der Waals surface area contributed by atoms with Gasteiger partial charge in [0.25, 0.3) is 0 Å². The van der Waals surface area contributed by atoms with Crippen LogP contribution in [0.4, 0.5) is 5.69 Å². The zero-order valence-electron chi connectivity index (χ0n) is 11.3. The number of nitrogens with zero attached hydrogens (tertiary/aromatic N) is 1. The third kappa shape index (κ3) is 3.23. The van der Waals surface area contributed by atoms with Gasteiger partial charge in [-0.1, -0.05) is 28.9 Å². The van der Waals surface area contributed by atoms with Crippen molar-refractivity contribution in [3.63, 3.8) is 0 Å². The summed E-state index contributed by atoms with van der Waals surface area (Å²) in [6, 6.07) is 6.11. The number of benzene rings is 1. The van der Waals surface area contributed by atoms with Gasteiger partial charge in [-0.3, -0.25) is 0 Å². The smallest absolute Gasteiger partial charge is 0.0772 e. The van der Waals surface area contributed by atoms with Crippen LogP contribution in [0.1, 0.15) is 45.8 Å². The lowest BCUT2D eigenvalue weighted by atomic mass is 9.98. The Morgan fingerprint density at radius 1 is 1.41 bits per heavy atom. The van der Waals surface area contributed by atoms with E-state index in [4.69, 9.17) is 0 Å². The van der Waals surface area contributed by atoms with E-state index < -0.39 is 6.10 Å². The van der Waals surface area contributed by atoms with Gasteiger partial charge in [-0.15, -0.1) is 0 Å². The molecule has 0 aromatic heterocycles. The van der Waals surface area contributed by atoms with Gasteiger partial charge in [-0.05, 0) is 44.9 Å². The normalized spacial score (nSPS) is 13.6. The standard InChI is InChI=1S/C14H22BrNO/c1-6-14(3,4)16(5)11-7-8-12(10(2)17)13(15)9-11/h7-10,17H,6H2,1-5H3/t10-/m1/s1. The van der Waals surface area contributed by atoms with Crippen molar-refractivity contribution in [3.8, 4) is 0 Å². The molecule has 2 nitrogen and oxygen atoms in total. The Hall–Kier alpha value is -0.540. The van der Waals surface area contributed by atoms with Gasteiger partial charge >= 0.3 is 0 Å². The maximum atomic E-state index is 9.60. The molecule has 0 amide bonds. The maximum Gasteiger partial charge on any atom is 0.0772 e. The number of aliphatic hydroxyl groups is 1. The molecule has 0 bridgehead atoms. The molecule has 0 aliphatic heterocycles. The van der Waals surface area contributed by atoms with Crippen LogP contribution in [-0.2, 0) is 0 Å². The van der Waals surface area contributed by atoms with E-state index in [-0.39, 0.29) is 5.54 Å². The highest BCUT2D eigenvalue weighted by Gasteiger charge is 2.22. The highest BCUT2D eigenvalue weighted by Crippen LogP contribution is 2.31. The molecule has 0 saturated heterocycles. The zero-order valence-corrected chi connectivity index (χ0v) is 12.9. The number of rotatable bonds is 4. The molecule has 1 rings (SSSR count). The van der Waals surface area contributed by atoms with Crippen LogP contribution in [0.25, 0.3) is 0 Å². The van der Waals surface area contributed by atoms with Crippen LogP contribution in [-0.4, -0.2) is 17.7 Å². The predicted molar refractivity (Wildman–Crippen MR) is 77.5 cm³/mol. The molecule has 1 N–H and O–H groups in total.